The van der Waals surface area contributed by atoms with Crippen LogP contribution in [0.4, 0.5) is 4.39 Å². The Bertz CT molecular complexity index is 1030. The number of rotatable bonds is 6. The summed E-state index contributed by atoms with van der Waals surface area (Å²) in [5, 5.41) is 3.07. The summed E-state index contributed by atoms with van der Waals surface area (Å²) in [5.74, 6) is -1.87. The molecule has 1 fully saturated rings. The van der Waals surface area contributed by atoms with Gasteiger partial charge in [0.2, 0.25) is 5.91 Å². The average molecular weight is 444 g/mol. The van der Waals surface area contributed by atoms with Crippen LogP contribution in [0.5, 0.6) is 0 Å². The first-order valence-electron chi connectivity index (χ1n) is 10.3. The maximum atomic E-state index is 14.6. The van der Waals surface area contributed by atoms with Gasteiger partial charge in [-0.2, -0.15) is 0 Å². The second-order valence-corrected chi connectivity index (χ2v) is 8.35. The molecule has 4 rings (SSSR count). The molecule has 1 atom stereocenters. The molecule has 0 bridgehead atoms. The Kier molecular flexibility index (Phi) is 6.07. The lowest BCUT2D eigenvalue weighted by Crippen LogP contribution is -2.43. The van der Waals surface area contributed by atoms with E-state index in [2.05, 4.69) is 10.2 Å². The number of imide groups is 1. The molecule has 2 aromatic carbocycles. The molecule has 1 unspecified atom stereocenters. The number of halogens is 2. The minimum atomic E-state index is -0.483. The highest BCUT2D eigenvalue weighted by molar-refractivity contribution is 6.31. The van der Waals surface area contributed by atoms with Crippen LogP contribution in [0.2, 0.25) is 5.02 Å². The van der Waals surface area contributed by atoms with Gasteiger partial charge in [0.1, 0.15) is 12.4 Å². The molecule has 0 aliphatic carbocycles. The summed E-state index contributed by atoms with van der Waals surface area (Å²) in [6, 6.07) is 9.11. The lowest BCUT2D eigenvalue weighted by atomic mass is 10.0. The summed E-state index contributed by atoms with van der Waals surface area (Å²) in [5.41, 5.74) is 1.83. The van der Waals surface area contributed by atoms with Gasteiger partial charge in [-0.25, -0.2) is 4.39 Å². The third-order valence-electron chi connectivity index (χ3n) is 5.83. The third-order valence-corrected chi connectivity index (χ3v) is 6.16. The van der Waals surface area contributed by atoms with Crippen molar-refractivity contribution in [3.63, 3.8) is 0 Å². The van der Waals surface area contributed by atoms with E-state index >= 15 is 0 Å². The normalized spacial score (nSPS) is 17.2. The highest BCUT2D eigenvalue weighted by atomic mass is 35.5. The number of likely N-dealkylation sites (tertiary alicyclic amines) is 1. The fraction of sp³-hybridized carbons (Fsp3) is 0.348. The molecule has 1 N–H and O–H groups in total. The van der Waals surface area contributed by atoms with Gasteiger partial charge in [-0.1, -0.05) is 29.3 Å². The number of hydrogen-bond acceptors (Lipinski definition) is 4. The summed E-state index contributed by atoms with van der Waals surface area (Å²) >= 11 is 6.28. The van der Waals surface area contributed by atoms with E-state index < -0.39 is 29.6 Å². The maximum Gasteiger partial charge on any atom is 0.262 e. The first kappa shape index (κ1) is 21.5. The number of hydrogen-bond donors (Lipinski definition) is 1. The van der Waals surface area contributed by atoms with Gasteiger partial charge in [-0.15, -0.1) is 0 Å². The van der Waals surface area contributed by atoms with Crippen molar-refractivity contribution in [2.45, 2.75) is 25.8 Å². The van der Waals surface area contributed by atoms with E-state index in [0.29, 0.717) is 21.7 Å². The van der Waals surface area contributed by atoms with Crippen LogP contribution in [-0.4, -0.2) is 53.7 Å². The van der Waals surface area contributed by atoms with Crippen LogP contribution in [0, 0.1) is 12.7 Å². The highest BCUT2D eigenvalue weighted by Crippen LogP contribution is 2.32. The molecule has 2 aromatic rings. The van der Waals surface area contributed by atoms with Crippen LogP contribution >= 0.6 is 11.6 Å². The van der Waals surface area contributed by atoms with Crippen molar-refractivity contribution in [2.75, 3.05) is 26.2 Å². The van der Waals surface area contributed by atoms with Crippen molar-refractivity contribution in [2.24, 2.45) is 0 Å². The Labute approximate surface area is 185 Å². The van der Waals surface area contributed by atoms with Gasteiger partial charge >= 0.3 is 0 Å². The van der Waals surface area contributed by atoms with E-state index in [1.54, 1.807) is 30.3 Å². The summed E-state index contributed by atoms with van der Waals surface area (Å²) in [7, 11) is 0. The van der Waals surface area contributed by atoms with Gasteiger partial charge in [0.15, 0.2) is 0 Å². The Morgan fingerprint density at radius 3 is 2.55 bits per heavy atom. The second kappa shape index (κ2) is 8.77. The molecule has 2 heterocycles. The van der Waals surface area contributed by atoms with E-state index in [4.69, 9.17) is 11.6 Å². The zero-order valence-corrected chi connectivity index (χ0v) is 17.9. The molecule has 162 valence electrons. The van der Waals surface area contributed by atoms with E-state index in [9.17, 15) is 18.8 Å². The molecule has 1 saturated heterocycles. The molecule has 2 aliphatic heterocycles. The Hall–Kier alpha value is -2.77. The van der Waals surface area contributed by atoms with Crippen molar-refractivity contribution in [3.05, 3.63) is 69.5 Å². The fourth-order valence-electron chi connectivity index (χ4n) is 4.25. The van der Waals surface area contributed by atoms with E-state index in [1.807, 2.05) is 6.92 Å². The molecule has 0 aromatic heterocycles. The Balaban J connectivity index is 1.46. The van der Waals surface area contributed by atoms with Crippen LogP contribution in [0.15, 0.2) is 36.4 Å². The highest BCUT2D eigenvalue weighted by Gasteiger charge is 2.37. The molecule has 0 spiro atoms. The quantitative estimate of drug-likeness (QED) is 0.695. The molecular weight excluding hydrogens is 421 g/mol. The van der Waals surface area contributed by atoms with Crippen LogP contribution in [0.1, 0.15) is 50.7 Å². The topological polar surface area (TPSA) is 69.7 Å². The fourth-order valence-corrected chi connectivity index (χ4v) is 4.54. The molecule has 8 heteroatoms. The second-order valence-electron chi connectivity index (χ2n) is 7.94. The summed E-state index contributed by atoms with van der Waals surface area (Å²) in [4.78, 5) is 40.8. The number of nitrogens with one attached hydrogen (secondary N) is 1. The molecule has 0 radical (unpaired) electrons. The minimum absolute atomic E-state index is 0.127. The van der Waals surface area contributed by atoms with Gasteiger partial charge in [-0.05, 0) is 57.1 Å². The largest absolute Gasteiger partial charge is 0.353 e. The monoisotopic (exact) mass is 443 g/mol. The van der Waals surface area contributed by atoms with Crippen molar-refractivity contribution < 1.29 is 18.8 Å². The first-order chi connectivity index (χ1) is 14.9. The van der Waals surface area contributed by atoms with Gasteiger partial charge in [0, 0.05) is 17.1 Å². The van der Waals surface area contributed by atoms with Crippen molar-refractivity contribution in [1.29, 1.82) is 0 Å². The lowest BCUT2D eigenvalue weighted by Gasteiger charge is -2.29. The van der Waals surface area contributed by atoms with Gasteiger partial charge in [0.25, 0.3) is 11.8 Å². The van der Waals surface area contributed by atoms with Crippen molar-refractivity contribution in [1.82, 2.24) is 15.1 Å². The maximum absolute atomic E-state index is 14.6. The van der Waals surface area contributed by atoms with Crippen LogP contribution in [0.25, 0.3) is 0 Å². The van der Waals surface area contributed by atoms with E-state index in [-0.39, 0.29) is 13.1 Å². The van der Waals surface area contributed by atoms with Crippen LogP contribution < -0.4 is 5.32 Å². The van der Waals surface area contributed by atoms with Crippen LogP contribution in [0.3, 0.4) is 0 Å². The van der Waals surface area contributed by atoms with E-state index in [1.165, 1.54) is 6.07 Å². The summed E-state index contributed by atoms with van der Waals surface area (Å²) < 4.78 is 14.6. The molecule has 3 amide bonds. The zero-order valence-electron chi connectivity index (χ0n) is 17.2. The van der Waals surface area contributed by atoms with Crippen LogP contribution in [-0.2, 0) is 4.79 Å². The summed E-state index contributed by atoms with van der Waals surface area (Å²) in [6.07, 6.45) is 1.98. The minimum Gasteiger partial charge on any atom is -0.353 e. The number of aryl methyl sites for hydroxylation is 1. The number of benzene rings is 2. The van der Waals surface area contributed by atoms with Crippen molar-refractivity contribution in [3.8, 4) is 0 Å². The number of carbonyl (C=O) groups excluding carboxylic acids is 3. The molecule has 0 saturated carbocycles. The average Bonchev–Trinajstić information content (AvgIpc) is 3.34. The SMILES string of the molecule is Cc1ccc2c(c1)C(=O)N(CC(=O)NCC(c1c(F)cccc1Cl)N1CCCC1)C2=O. The van der Waals surface area contributed by atoms with Gasteiger partial charge in [0.05, 0.1) is 17.2 Å². The Morgan fingerprint density at radius 2 is 1.84 bits per heavy atom. The number of carbonyl (C=O) groups is 3. The third kappa shape index (κ3) is 4.20. The molecule has 6 nitrogen and oxygen atoms in total. The first-order valence-corrected chi connectivity index (χ1v) is 10.7. The number of fused-ring (bicyclic) bond motifs is 1. The Morgan fingerprint density at radius 1 is 1.13 bits per heavy atom. The molecule has 31 heavy (non-hydrogen) atoms. The predicted molar refractivity (Wildman–Crippen MR) is 115 cm³/mol. The van der Waals surface area contributed by atoms with E-state index in [0.717, 1.165) is 36.4 Å². The van der Waals surface area contributed by atoms with Gasteiger partial charge in [-0.3, -0.25) is 24.2 Å². The van der Waals surface area contributed by atoms with Crippen molar-refractivity contribution >= 4 is 29.3 Å². The van der Waals surface area contributed by atoms with Gasteiger partial charge < -0.3 is 5.32 Å². The standard InChI is InChI=1S/C23H23ClFN3O3/c1-14-7-8-15-16(11-14)23(31)28(22(15)30)13-20(29)26-12-19(27-9-2-3-10-27)21-17(24)5-4-6-18(21)25/h4-8,11,19H,2-3,9-10,12-13H2,1H3,(H,26,29). The number of nitrogens with zero attached hydrogens (tertiary/aromatic N) is 2. The summed E-state index contributed by atoms with van der Waals surface area (Å²) in [6.45, 7) is 3.14. The number of amides is 3. The molecule has 2 aliphatic rings. The predicted octanol–water partition coefficient (Wildman–Crippen LogP) is 3.34. The smallest absolute Gasteiger partial charge is 0.262 e. The zero-order chi connectivity index (χ0) is 22.1. The molecular formula is C23H23ClFN3O3. The lowest BCUT2D eigenvalue weighted by molar-refractivity contribution is -0.121.